The zero-order valence-electron chi connectivity index (χ0n) is 19.1. The van der Waals surface area contributed by atoms with E-state index in [4.69, 9.17) is 4.74 Å². The molecule has 9 heteroatoms. The molecule has 0 aliphatic heterocycles. The number of aromatic amines is 1. The van der Waals surface area contributed by atoms with Crippen molar-refractivity contribution in [3.05, 3.63) is 47.0 Å². The molecule has 8 nitrogen and oxygen atoms in total. The number of aromatic nitrogens is 2. The van der Waals surface area contributed by atoms with Gasteiger partial charge in [-0.1, -0.05) is 0 Å². The van der Waals surface area contributed by atoms with Gasteiger partial charge in [0, 0.05) is 53.5 Å². The van der Waals surface area contributed by atoms with E-state index < -0.39 is 10.0 Å². The second-order valence-electron chi connectivity index (χ2n) is 10.3. The van der Waals surface area contributed by atoms with Crippen molar-refractivity contribution < 1.29 is 17.9 Å². The molecule has 34 heavy (non-hydrogen) atoms. The summed E-state index contributed by atoms with van der Waals surface area (Å²) in [6, 6.07) is 7.10. The molecule has 0 radical (unpaired) electrons. The molecule has 0 saturated heterocycles. The Balaban J connectivity index is 1.49. The van der Waals surface area contributed by atoms with Crippen LogP contribution in [0.25, 0.3) is 22.0 Å². The van der Waals surface area contributed by atoms with Gasteiger partial charge in [-0.2, -0.15) is 0 Å². The Bertz CT molecular complexity index is 1480. The first-order valence-corrected chi connectivity index (χ1v) is 13.5. The predicted molar refractivity (Wildman–Crippen MR) is 129 cm³/mol. The highest BCUT2D eigenvalue weighted by Gasteiger charge is 2.56. The van der Waals surface area contributed by atoms with Crippen LogP contribution < -0.4 is 15.0 Å². The number of Topliss-reactive ketones (excluding diaryl/α,β-unsaturated/α-hetero) is 1. The summed E-state index contributed by atoms with van der Waals surface area (Å²) in [6.45, 7) is 0. The van der Waals surface area contributed by atoms with Crippen molar-refractivity contribution in [3.8, 4) is 16.9 Å². The highest BCUT2D eigenvalue weighted by Crippen LogP contribution is 2.56. The fraction of sp³-hybridized carbons (Fsp3) is 0.440. The van der Waals surface area contributed by atoms with E-state index in [0.29, 0.717) is 34.2 Å². The summed E-state index contributed by atoms with van der Waals surface area (Å²) in [5.74, 6) is 1.70. The molecule has 178 valence electrons. The molecule has 7 rings (SSSR count). The molecule has 4 aliphatic rings. The number of carbonyl (C=O) groups excluding carboxylic acids is 1. The maximum atomic E-state index is 12.7. The maximum absolute atomic E-state index is 12.7. The molecule has 2 heterocycles. The smallest absolute Gasteiger partial charge is 0.274 e. The lowest BCUT2D eigenvalue weighted by Gasteiger charge is -2.55. The van der Waals surface area contributed by atoms with Gasteiger partial charge >= 0.3 is 0 Å². The Labute approximate surface area is 197 Å². The number of rotatable bonds is 5. The second kappa shape index (κ2) is 7.21. The highest BCUT2D eigenvalue weighted by atomic mass is 32.2. The van der Waals surface area contributed by atoms with Crippen LogP contribution in [0.5, 0.6) is 5.75 Å². The van der Waals surface area contributed by atoms with E-state index in [-0.39, 0.29) is 23.0 Å². The van der Waals surface area contributed by atoms with E-state index in [9.17, 15) is 18.0 Å². The largest absolute Gasteiger partial charge is 0.487 e. The minimum atomic E-state index is -3.47. The number of sulfonamides is 1. The molecule has 2 N–H and O–H groups in total. The van der Waals surface area contributed by atoms with Gasteiger partial charge < -0.3 is 14.3 Å². The average molecular weight is 482 g/mol. The van der Waals surface area contributed by atoms with Gasteiger partial charge in [0.2, 0.25) is 10.0 Å². The first-order chi connectivity index (χ1) is 16.1. The maximum Gasteiger partial charge on any atom is 0.274 e. The van der Waals surface area contributed by atoms with E-state index >= 15 is 0 Å². The summed E-state index contributed by atoms with van der Waals surface area (Å²) >= 11 is 0. The average Bonchev–Trinajstić information content (AvgIpc) is 3.24. The number of anilines is 1. The molecule has 2 unspecified atom stereocenters. The molecule has 4 fully saturated rings. The fourth-order valence-electron chi connectivity index (χ4n) is 6.62. The first-order valence-electron chi connectivity index (χ1n) is 11.6. The van der Waals surface area contributed by atoms with Gasteiger partial charge in [-0.15, -0.1) is 0 Å². The lowest BCUT2D eigenvalue weighted by Crippen LogP contribution is -2.57. The number of nitrogens with one attached hydrogen (secondary N) is 2. The van der Waals surface area contributed by atoms with E-state index in [1.54, 1.807) is 37.6 Å². The molecule has 2 aromatic heterocycles. The Morgan fingerprint density at radius 2 is 1.82 bits per heavy atom. The van der Waals surface area contributed by atoms with E-state index in [2.05, 4.69) is 9.71 Å². The number of nitrogens with zero attached hydrogens (tertiary/aromatic N) is 1. The SMILES string of the molecule is Cn1cc(-c2cc(NS(C)(=O)=O)ccc2OC23CC4CC(C2)C(=O)C(C4)C3)c2cc[nH]c2c1=O. The first kappa shape index (κ1) is 21.5. The van der Waals surface area contributed by atoms with Crippen LogP contribution in [0.2, 0.25) is 0 Å². The van der Waals surface area contributed by atoms with Crippen LogP contribution in [0, 0.1) is 17.8 Å². The van der Waals surface area contributed by atoms with Crippen molar-refractivity contribution in [3.63, 3.8) is 0 Å². The number of carbonyl (C=O) groups is 1. The Hall–Kier alpha value is -3.07. The van der Waals surface area contributed by atoms with Crippen LogP contribution in [-0.4, -0.2) is 35.6 Å². The molecule has 1 aromatic carbocycles. The lowest BCUT2D eigenvalue weighted by atomic mass is 9.53. The molecule has 0 spiro atoms. The minimum absolute atomic E-state index is 0.0785. The van der Waals surface area contributed by atoms with Crippen molar-refractivity contribution in [1.82, 2.24) is 9.55 Å². The number of ether oxygens (including phenoxy) is 1. The summed E-state index contributed by atoms with van der Waals surface area (Å²) < 4.78 is 34.7. The molecular weight excluding hydrogens is 454 g/mol. The van der Waals surface area contributed by atoms with Crippen LogP contribution in [0.4, 0.5) is 5.69 Å². The zero-order chi connectivity index (χ0) is 23.8. The molecule has 4 bridgehead atoms. The number of benzene rings is 1. The van der Waals surface area contributed by atoms with Gasteiger partial charge in [-0.3, -0.25) is 14.3 Å². The number of hydrogen-bond acceptors (Lipinski definition) is 5. The van der Waals surface area contributed by atoms with Crippen molar-refractivity contribution in [2.24, 2.45) is 24.8 Å². The van der Waals surface area contributed by atoms with Crippen molar-refractivity contribution >= 4 is 32.4 Å². The van der Waals surface area contributed by atoms with Gasteiger partial charge in [0.25, 0.3) is 5.56 Å². The molecule has 2 atom stereocenters. The summed E-state index contributed by atoms with van der Waals surface area (Å²) in [4.78, 5) is 28.3. The Morgan fingerprint density at radius 3 is 2.53 bits per heavy atom. The van der Waals surface area contributed by atoms with Gasteiger partial charge in [-0.05, 0) is 62.3 Å². The van der Waals surface area contributed by atoms with Gasteiger partial charge in [0.15, 0.2) is 0 Å². The fourth-order valence-corrected chi connectivity index (χ4v) is 7.18. The zero-order valence-corrected chi connectivity index (χ0v) is 19.9. The predicted octanol–water partition coefficient (Wildman–Crippen LogP) is 3.43. The number of H-pyrrole nitrogens is 1. The Kier molecular flexibility index (Phi) is 4.55. The monoisotopic (exact) mass is 481 g/mol. The number of ketones is 1. The van der Waals surface area contributed by atoms with Gasteiger partial charge in [-0.25, -0.2) is 8.42 Å². The summed E-state index contributed by atoms with van der Waals surface area (Å²) in [5, 5.41) is 0.741. The number of pyridine rings is 1. The molecule has 3 aromatic rings. The van der Waals surface area contributed by atoms with Crippen LogP contribution in [-0.2, 0) is 21.9 Å². The standard InChI is InChI=1S/C25H27N3O5S/c1-28-13-20(18-5-6-26-22(18)24(28)30)19-9-17(27-34(2,31)32)3-4-21(19)33-25-10-14-7-15(11-25)23(29)16(8-14)12-25/h3-6,9,13-16,26-27H,7-8,10-12H2,1-2H3. The summed E-state index contributed by atoms with van der Waals surface area (Å²) in [7, 11) is -1.78. The second-order valence-corrected chi connectivity index (χ2v) is 12.1. The number of aryl methyl sites for hydroxylation is 1. The van der Waals surface area contributed by atoms with Crippen LogP contribution in [0.15, 0.2) is 41.5 Å². The van der Waals surface area contributed by atoms with Gasteiger partial charge in [0.05, 0.1) is 6.26 Å². The molecule has 4 saturated carbocycles. The van der Waals surface area contributed by atoms with E-state index in [0.717, 1.165) is 49.3 Å². The summed E-state index contributed by atoms with van der Waals surface area (Å²) in [6.07, 6.45) is 8.92. The third kappa shape index (κ3) is 3.45. The minimum Gasteiger partial charge on any atom is -0.487 e. The lowest BCUT2D eigenvalue weighted by molar-refractivity contribution is -0.156. The van der Waals surface area contributed by atoms with Crippen molar-refractivity contribution in [2.45, 2.75) is 37.7 Å². The molecular formula is C25H27N3O5S. The highest BCUT2D eigenvalue weighted by molar-refractivity contribution is 7.92. The third-order valence-corrected chi connectivity index (χ3v) is 8.34. The Morgan fingerprint density at radius 1 is 1.09 bits per heavy atom. The molecule has 0 amide bonds. The van der Waals surface area contributed by atoms with Crippen molar-refractivity contribution in [1.29, 1.82) is 0 Å². The van der Waals surface area contributed by atoms with E-state index in [1.165, 1.54) is 4.57 Å². The molecule has 4 aliphatic carbocycles. The number of hydrogen-bond donors (Lipinski definition) is 2. The third-order valence-electron chi connectivity index (χ3n) is 7.73. The number of fused-ring (bicyclic) bond motifs is 1. The topological polar surface area (TPSA) is 110 Å². The van der Waals surface area contributed by atoms with Crippen LogP contribution >= 0.6 is 0 Å². The van der Waals surface area contributed by atoms with Gasteiger partial charge in [0.1, 0.15) is 22.7 Å². The van der Waals surface area contributed by atoms with Crippen molar-refractivity contribution in [2.75, 3.05) is 11.0 Å². The van der Waals surface area contributed by atoms with Crippen LogP contribution in [0.1, 0.15) is 32.1 Å². The van der Waals surface area contributed by atoms with Crippen LogP contribution in [0.3, 0.4) is 0 Å². The summed E-state index contributed by atoms with van der Waals surface area (Å²) in [5.41, 5.74) is 1.84. The van der Waals surface area contributed by atoms with E-state index in [1.807, 2.05) is 6.07 Å². The quantitative estimate of drug-likeness (QED) is 0.580. The normalized spacial score (nSPS) is 27.9.